The minimum absolute atomic E-state index is 0.0447. The fourth-order valence-corrected chi connectivity index (χ4v) is 0.550. The highest BCUT2D eigenvalue weighted by atomic mass is 16.1. The molecule has 6 heteroatoms. The molecule has 0 amide bonds. The van der Waals surface area contributed by atoms with Gasteiger partial charge in [-0.15, -0.1) is 0 Å². The van der Waals surface area contributed by atoms with E-state index < -0.39 is 5.69 Å². The summed E-state index contributed by atoms with van der Waals surface area (Å²) in [6.45, 7) is 0. The smallest absolute Gasteiger partial charge is 0.356 e. The molecule has 58 valence electrons. The summed E-state index contributed by atoms with van der Waals surface area (Å²) in [6, 6.07) is 0. The maximum absolute atomic E-state index is 10.9. The van der Waals surface area contributed by atoms with E-state index in [9.17, 15) is 4.79 Å². The summed E-state index contributed by atoms with van der Waals surface area (Å²) >= 11 is 0. The second-order valence-corrected chi connectivity index (χ2v) is 1.75. The standard InChI is InChI=1S/C5H7N5O/c6-1-2-10-3-8-4(7)9-5(10)11/h1-3H,6H2,(H2,7,9,11)/b2-1-. The zero-order chi connectivity index (χ0) is 8.27. The molecule has 1 aromatic heterocycles. The average Bonchev–Trinajstić information content (AvgIpc) is 1.95. The van der Waals surface area contributed by atoms with Gasteiger partial charge in [0.1, 0.15) is 6.33 Å². The maximum Gasteiger partial charge on any atom is 0.356 e. The van der Waals surface area contributed by atoms with Gasteiger partial charge in [-0.25, -0.2) is 9.78 Å². The quantitative estimate of drug-likeness (QED) is 0.517. The fraction of sp³-hybridized carbons (Fsp3) is 0. The highest BCUT2D eigenvalue weighted by molar-refractivity contribution is 5.20. The van der Waals surface area contributed by atoms with Gasteiger partial charge >= 0.3 is 5.69 Å². The van der Waals surface area contributed by atoms with E-state index in [-0.39, 0.29) is 5.95 Å². The Morgan fingerprint density at radius 3 is 2.91 bits per heavy atom. The van der Waals surface area contributed by atoms with Crippen LogP contribution >= 0.6 is 0 Å². The van der Waals surface area contributed by atoms with Crippen molar-refractivity contribution in [1.29, 1.82) is 0 Å². The summed E-state index contributed by atoms with van der Waals surface area (Å²) in [5.41, 5.74) is 9.67. The first kappa shape index (κ1) is 7.26. The second-order valence-electron chi connectivity index (χ2n) is 1.75. The second kappa shape index (κ2) is 2.82. The molecule has 0 fully saturated rings. The van der Waals surface area contributed by atoms with Crippen LogP contribution in [0.15, 0.2) is 17.3 Å². The van der Waals surface area contributed by atoms with Gasteiger partial charge in [-0.1, -0.05) is 0 Å². The third-order valence-corrected chi connectivity index (χ3v) is 0.992. The third-order valence-electron chi connectivity index (χ3n) is 0.992. The van der Waals surface area contributed by atoms with E-state index in [1.807, 2.05) is 0 Å². The predicted molar refractivity (Wildman–Crippen MR) is 40.2 cm³/mol. The normalized spacial score (nSPS) is 10.5. The van der Waals surface area contributed by atoms with Gasteiger partial charge in [0.15, 0.2) is 0 Å². The Balaban J connectivity index is 3.20. The molecule has 1 rings (SSSR count). The minimum Gasteiger partial charge on any atom is -0.403 e. The van der Waals surface area contributed by atoms with Crippen LogP contribution in [0, 0.1) is 0 Å². The van der Waals surface area contributed by atoms with Crippen molar-refractivity contribution in [1.82, 2.24) is 14.5 Å². The van der Waals surface area contributed by atoms with Crippen molar-refractivity contribution in [2.45, 2.75) is 0 Å². The highest BCUT2D eigenvalue weighted by Crippen LogP contribution is 1.81. The molecule has 0 aliphatic rings. The first-order chi connectivity index (χ1) is 5.24. The van der Waals surface area contributed by atoms with E-state index in [0.29, 0.717) is 0 Å². The third kappa shape index (κ3) is 1.54. The summed E-state index contributed by atoms with van der Waals surface area (Å²) in [4.78, 5) is 17.8. The van der Waals surface area contributed by atoms with Crippen LogP contribution in [0.3, 0.4) is 0 Å². The molecule has 6 nitrogen and oxygen atoms in total. The van der Waals surface area contributed by atoms with Crippen LogP contribution < -0.4 is 17.2 Å². The van der Waals surface area contributed by atoms with Crippen molar-refractivity contribution in [2.24, 2.45) is 5.73 Å². The van der Waals surface area contributed by atoms with Gasteiger partial charge in [-0.05, 0) is 0 Å². The Morgan fingerprint density at radius 2 is 2.36 bits per heavy atom. The molecular formula is C5H7N5O. The van der Waals surface area contributed by atoms with Crippen LogP contribution in [-0.2, 0) is 0 Å². The van der Waals surface area contributed by atoms with Crippen LogP contribution in [-0.4, -0.2) is 14.5 Å². The van der Waals surface area contributed by atoms with E-state index in [4.69, 9.17) is 11.5 Å². The van der Waals surface area contributed by atoms with Crippen molar-refractivity contribution < 1.29 is 0 Å². The van der Waals surface area contributed by atoms with Crippen molar-refractivity contribution in [2.75, 3.05) is 5.73 Å². The number of nitrogens with two attached hydrogens (primary N) is 2. The molecule has 1 aromatic rings. The van der Waals surface area contributed by atoms with Crippen molar-refractivity contribution >= 4 is 12.1 Å². The molecule has 0 aromatic carbocycles. The molecule has 0 unspecified atom stereocenters. The summed E-state index contributed by atoms with van der Waals surface area (Å²) in [5.74, 6) is -0.0447. The van der Waals surface area contributed by atoms with Gasteiger partial charge in [0.2, 0.25) is 5.95 Å². The number of aromatic nitrogens is 3. The molecule has 0 saturated heterocycles. The summed E-state index contributed by atoms with van der Waals surface area (Å²) < 4.78 is 1.12. The number of nitrogen functional groups attached to an aromatic ring is 1. The van der Waals surface area contributed by atoms with E-state index in [2.05, 4.69) is 9.97 Å². The molecule has 0 radical (unpaired) electrons. The van der Waals surface area contributed by atoms with E-state index >= 15 is 0 Å². The van der Waals surface area contributed by atoms with Crippen LogP contribution in [0.1, 0.15) is 0 Å². The fourth-order valence-electron chi connectivity index (χ4n) is 0.550. The lowest BCUT2D eigenvalue weighted by molar-refractivity contribution is 0.904. The molecule has 0 aliphatic heterocycles. The Hall–Kier alpha value is -1.85. The van der Waals surface area contributed by atoms with Crippen molar-refractivity contribution in [3.8, 4) is 0 Å². The van der Waals surface area contributed by atoms with Gasteiger partial charge in [0.25, 0.3) is 0 Å². The summed E-state index contributed by atoms with van der Waals surface area (Å²) in [7, 11) is 0. The minimum atomic E-state index is -0.501. The molecule has 0 bridgehead atoms. The SMILES string of the molecule is N/C=C\n1cnc(N)nc1=O. The van der Waals surface area contributed by atoms with Gasteiger partial charge in [0, 0.05) is 12.4 Å². The van der Waals surface area contributed by atoms with Gasteiger partial charge in [-0.3, -0.25) is 4.57 Å². The molecule has 11 heavy (non-hydrogen) atoms. The first-order valence-electron chi connectivity index (χ1n) is 2.83. The lowest BCUT2D eigenvalue weighted by Crippen LogP contribution is -2.20. The van der Waals surface area contributed by atoms with Gasteiger partial charge in [0.05, 0.1) is 0 Å². The number of anilines is 1. The maximum atomic E-state index is 10.9. The number of rotatable bonds is 1. The van der Waals surface area contributed by atoms with E-state index in [0.717, 1.165) is 4.57 Å². The van der Waals surface area contributed by atoms with Crippen molar-refractivity contribution in [3.63, 3.8) is 0 Å². The number of hydrogen-bond acceptors (Lipinski definition) is 5. The van der Waals surface area contributed by atoms with Crippen LogP contribution in [0.25, 0.3) is 6.20 Å². The average molecular weight is 153 g/mol. The van der Waals surface area contributed by atoms with Crippen LogP contribution in [0.2, 0.25) is 0 Å². The Labute approximate surface area is 62.2 Å². The molecule has 4 N–H and O–H groups in total. The molecule has 0 saturated carbocycles. The lowest BCUT2D eigenvalue weighted by Gasteiger charge is -1.94. The van der Waals surface area contributed by atoms with E-state index in [1.54, 1.807) is 0 Å². The zero-order valence-electron chi connectivity index (χ0n) is 5.64. The topological polar surface area (TPSA) is 99.8 Å². The Bertz CT molecular complexity index is 328. The first-order valence-corrected chi connectivity index (χ1v) is 2.83. The monoisotopic (exact) mass is 153 g/mol. The summed E-state index contributed by atoms with van der Waals surface area (Å²) in [6.07, 6.45) is 3.79. The highest BCUT2D eigenvalue weighted by Gasteiger charge is 1.92. The molecule has 1 heterocycles. The zero-order valence-corrected chi connectivity index (χ0v) is 5.64. The summed E-state index contributed by atoms with van der Waals surface area (Å²) in [5, 5.41) is 0. The molecule has 0 atom stereocenters. The van der Waals surface area contributed by atoms with Gasteiger partial charge in [-0.2, -0.15) is 4.98 Å². The van der Waals surface area contributed by atoms with Gasteiger partial charge < -0.3 is 11.5 Å². The van der Waals surface area contributed by atoms with Crippen molar-refractivity contribution in [3.05, 3.63) is 23.0 Å². The lowest BCUT2D eigenvalue weighted by atomic mass is 10.8. The van der Waals surface area contributed by atoms with E-state index in [1.165, 1.54) is 18.7 Å². The molecular weight excluding hydrogens is 146 g/mol. The predicted octanol–water partition coefficient (Wildman–Crippen LogP) is -1.39. The van der Waals surface area contributed by atoms with Crippen LogP contribution in [0.4, 0.5) is 5.95 Å². The Morgan fingerprint density at radius 1 is 1.64 bits per heavy atom. The molecule has 0 aliphatic carbocycles. The number of nitrogens with zero attached hydrogens (tertiary/aromatic N) is 3. The number of hydrogen-bond donors (Lipinski definition) is 2. The Kier molecular flexibility index (Phi) is 1.86. The van der Waals surface area contributed by atoms with Crippen LogP contribution in [0.5, 0.6) is 0 Å². The molecule has 0 spiro atoms. The largest absolute Gasteiger partial charge is 0.403 e.